The number of aromatic nitrogens is 1. The van der Waals surface area contributed by atoms with E-state index in [1.807, 2.05) is 26.0 Å². The summed E-state index contributed by atoms with van der Waals surface area (Å²) in [6.45, 7) is 3.96. The Morgan fingerprint density at radius 2 is 2.18 bits per heavy atom. The molecule has 1 saturated carbocycles. The Kier molecular flexibility index (Phi) is 4.31. The lowest BCUT2D eigenvalue weighted by atomic mass is 9.72. The third kappa shape index (κ3) is 2.94. The molecule has 6 heteroatoms. The molecule has 2 bridgehead atoms. The second kappa shape index (κ2) is 6.22. The van der Waals surface area contributed by atoms with Crippen LogP contribution in [0.1, 0.15) is 26.7 Å². The van der Waals surface area contributed by atoms with Crippen LogP contribution in [-0.2, 0) is 9.53 Å². The molecule has 1 aromatic rings. The molecule has 0 spiro atoms. The van der Waals surface area contributed by atoms with Gasteiger partial charge in [-0.15, -0.1) is 0 Å². The van der Waals surface area contributed by atoms with E-state index >= 15 is 0 Å². The molecular formula is C16H22N2O4. The monoisotopic (exact) mass is 306 g/mol. The highest BCUT2D eigenvalue weighted by molar-refractivity contribution is 5.74. The molecule has 4 rings (SSSR count). The van der Waals surface area contributed by atoms with Crippen LogP contribution in [-0.4, -0.2) is 46.5 Å². The number of carboxylic acid groups (broad SMARTS) is 1. The first-order valence-electron chi connectivity index (χ1n) is 7.78. The number of rotatable bonds is 5. The van der Waals surface area contributed by atoms with Crippen LogP contribution in [0.2, 0.25) is 0 Å². The molecule has 3 fully saturated rings. The number of nitrogens with one attached hydrogen (secondary N) is 1. The minimum atomic E-state index is -0.827. The highest BCUT2D eigenvalue weighted by atomic mass is 16.6. The van der Waals surface area contributed by atoms with Gasteiger partial charge >= 0.3 is 5.97 Å². The van der Waals surface area contributed by atoms with Crippen LogP contribution in [0.15, 0.2) is 24.4 Å². The van der Waals surface area contributed by atoms with Crippen molar-refractivity contribution in [2.24, 2.45) is 5.92 Å². The van der Waals surface area contributed by atoms with E-state index in [2.05, 4.69) is 10.3 Å². The summed E-state index contributed by atoms with van der Waals surface area (Å²) in [6.07, 6.45) is 3.01. The molecule has 3 heterocycles. The molecule has 0 aromatic carbocycles. The normalized spacial score (nSPS) is 33.9. The molecule has 120 valence electrons. The van der Waals surface area contributed by atoms with Crippen LogP contribution in [0.25, 0.3) is 0 Å². The maximum absolute atomic E-state index is 11.5. The van der Waals surface area contributed by atoms with Crippen LogP contribution in [0.4, 0.5) is 0 Å². The third-order valence-electron chi connectivity index (χ3n) is 4.37. The van der Waals surface area contributed by atoms with E-state index in [1.165, 1.54) is 0 Å². The Morgan fingerprint density at radius 1 is 1.36 bits per heavy atom. The maximum Gasteiger partial charge on any atom is 0.321 e. The molecule has 2 saturated heterocycles. The van der Waals surface area contributed by atoms with Gasteiger partial charge in [-0.2, -0.15) is 0 Å². The van der Waals surface area contributed by atoms with Gasteiger partial charge in [0.25, 0.3) is 0 Å². The topological polar surface area (TPSA) is 80.7 Å². The second-order valence-corrected chi connectivity index (χ2v) is 6.23. The molecular weight excluding hydrogens is 284 g/mol. The number of carbonyl (C=O) groups is 1. The van der Waals surface area contributed by atoms with E-state index in [4.69, 9.17) is 9.47 Å². The van der Waals surface area contributed by atoms with Gasteiger partial charge in [0.15, 0.2) is 0 Å². The molecule has 22 heavy (non-hydrogen) atoms. The SMILES string of the molecule is CC(C)O[C@@H]1C2CCC([C@@H](C(=O)O)N2)[C@@H]1Oc1ccccn1. The molecule has 3 aliphatic rings. The predicted molar refractivity (Wildman–Crippen MR) is 79.7 cm³/mol. The lowest BCUT2D eigenvalue weighted by Crippen LogP contribution is -2.70. The van der Waals surface area contributed by atoms with E-state index in [1.54, 1.807) is 12.3 Å². The largest absolute Gasteiger partial charge is 0.480 e. The second-order valence-electron chi connectivity index (χ2n) is 6.23. The van der Waals surface area contributed by atoms with E-state index in [0.29, 0.717) is 5.88 Å². The Bertz CT molecular complexity index is 522. The van der Waals surface area contributed by atoms with E-state index in [0.717, 1.165) is 12.8 Å². The number of piperidine rings is 2. The first-order chi connectivity index (χ1) is 10.6. The molecule has 6 nitrogen and oxygen atoms in total. The van der Waals surface area contributed by atoms with Gasteiger partial charge in [0, 0.05) is 24.2 Å². The summed E-state index contributed by atoms with van der Waals surface area (Å²) >= 11 is 0. The Balaban J connectivity index is 1.85. The molecule has 1 aromatic heterocycles. The zero-order valence-corrected chi connectivity index (χ0v) is 12.8. The summed E-state index contributed by atoms with van der Waals surface area (Å²) in [5, 5.41) is 12.6. The average Bonchev–Trinajstić information content (AvgIpc) is 2.50. The molecule has 5 atom stereocenters. The Hall–Kier alpha value is -1.66. The zero-order valence-electron chi connectivity index (χ0n) is 12.8. The highest BCUT2D eigenvalue weighted by Crippen LogP contribution is 2.38. The number of ether oxygens (including phenoxy) is 2. The molecule has 0 amide bonds. The fourth-order valence-electron chi connectivity index (χ4n) is 3.51. The molecule has 1 aliphatic carbocycles. The van der Waals surface area contributed by atoms with Gasteiger partial charge in [-0.3, -0.25) is 10.1 Å². The van der Waals surface area contributed by atoms with Gasteiger partial charge in [-0.05, 0) is 32.8 Å². The van der Waals surface area contributed by atoms with Crippen molar-refractivity contribution in [1.29, 1.82) is 0 Å². The van der Waals surface area contributed by atoms with Gasteiger partial charge in [0.05, 0.1) is 6.10 Å². The number of fused-ring (bicyclic) bond motifs is 3. The van der Waals surface area contributed by atoms with Crippen LogP contribution < -0.4 is 10.1 Å². The summed E-state index contributed by atoms with van der Waals surface area (Å²) in [4.78, 5) is 15.7. The molecule has 2 N–H and O–H groups in total. The average molecular weight is 306 g/mol. The first-order valence-corrected chi connectivity index (χ1v) is 7.78. The minimum Gasteiger partial charge on any atom is -0.480 e. The molecule has 2 unspecified atom stereocenters. The third-order valence-corrected chi connectivity index (χ3v) is 4.37. The Morgan fingerprint density at radius 3 is 2.82 bits per heavy atom. The molecule has 0 radical (unpaired) electrons. The lowest BCUT2D eigenvalue weighted by Gasteiger charge is -2.51. The van der Waals surface area contributed by atoms with Crippen molar-refractivity contribution >= 4 is 5.97 Å². The summed E-state index contributed by atoms with van der Waals surface area (Å²) < 4.78 is 12.1. The highest BCUT2D eigenvalue weighted by Gasteiger charge is 2.53. The number of hydrogen-bond donors (Lipinski definition) is 2. The fourth-order valence-corrected chi connectivity index (χ4v) is 3.51. The summed E-state index contributed by atoms with van der Waals surface area (Å²) in [6, 6.07) is 4.89. The van der Waals surface area contributed by atoms with Crippen LogP contribution in [0.5, 0.6) is 5.88 Å². The van der Waals surface area contributed by atoms with Crippen LogP contribution in [0.3, 0.4) is 0 Å². The molecule has 2 aliphatic heterocycles. The van der Waals surface area contributed by atoms with Crippen molar-refractivity contribution in [2.75, 3.05) is 0 Å². The minimum absolute atomic E-state index is 0.00205. The van der Waals surface area contributed by atoms with Crippen molar-refractivity contribution in [1.82, 2.24) is 10.3 Å². The van der Waals surface area contributed by atoms with E-state index in [-0.39, 0.29) is 30.3 Å². The van der Waals surface area contributed by atoms with Gasteiger partial charge in [-0.1, -0.05) is 6.07 Å². The number of aliphatic carboxylic acids is 1. The maximum atomic E-state index is 11.5. The van der Waals surface area contributed by atoms with Crippen molar-refractivity contribution in [3.05, 3.63) is 24.4 Å². The lowest BCUT2D eigenvalue weighted by molar-refractivity contribution is -0.164. The van der Waals surface area contributed by atoms with Gasteiger partial charge in [0.2, 0.25) is 5.88 Å². The predicted octanol–water partition coefficient (Wildman–Crippen LogP) is 1.46. The van der Waals surface area contributed by atoms with Gasteiger partial charge < -0.3 is 14.6 Å². The van der Waals surface area contributed by atoms with E-state index in [9.17, 15) is 9.90 Å². The summed E-state index contributed by atoms with van der Waals surface area (Å²) in [7, 11) is 0. The zero-order chi connectivity index (χ0) is 15.7. The first kappa shape index (κ1) is 15.2. The Labute approximate surface area is 129 Å². The van der Waals surface area contributed by atoms with Crippen molar-refractivity contribution < 1.29 is 19.4 Å². The standard InChI is InChI=1S/C16H22N2O4/c1-9(2)21-15-11-7-6-10(13(18-11)16(19)20)14(15)22-12-5-3-4-8-17-12/h3-5,8-11,13-15,18H,6-7H2,1-2H3,(H,19,20)/t10?,11?,13-,14-,15+/m0/s1. The smallest absolute Gasteiger partial charge is 0.321 e. The van der Waals surface area contributed by atoms with Crippen LogP contribution >= 0.6 is 0 Å². The van der Waals surface area contributed by atoms with Crippen molar-refractivity contribution in [2.45, 2.75) is 57.1 Å². The number of hydrogen-bond acceptors (Lipinski definition) is 5. The number of pyridine rings is 1. The summed E-state index contributed by atoms with van der Waals surface area (Å²) in [5.74, 6) is -0.429. The van der Waals surface area contributed by atoms with Gasteiger partial charge in [0.1, 0.15) is 18.2 Å². The number of carboxylic acids is 1. The van der Waals surface area contributed by atoms with Crippen molar-refractivity contribution in [3.63, 3.8) is 0 Å². The van der Waals surface area contributed by atoms with Crippen molar-refractivity contribution in [3.8, 4) is 5.88 Å². The van der Waals surface area contributed by atoms with Crippen LogP contribution in [0, 0.1) is 5.92 Å². The quantitative estimate of drug-likeness (QED) is 0.857. The summed E-state index contributed by atoms with van der Waals surface area (Å²) in [5.41, 5.74) is 0. The number of nitrogens with zero attached hydrogens (tertiary/aromatic N) is 1. The van der Waals surface area contributed by atoms with Gasteiger partial charge in [-0.25, -0.2) is 4.98 Å². The fraction of sp³-hybridized carbons (Fsp3) is 0.625. The van der Waals surface area contributed by atoms with E-state index < -0.39 is 12.0 Å².